The summed E-state index contributed by atoms with van der Waals surface area (Å²) in [5, 5.41) is -0.319. The van der Waals surface area contributed by atoms with Crippen LogP contribution in [0, 0.1) is 17.3 Å². The number of carbonyl (C=O) groups excluding carboxylic acids is 1. The standard InChI is InChI=1S/C16H30ClNO/c1-6-18(7-2)15(19)14(17)12-8-10-13(11-9-12)16(3,4)5/h12-14H,6-11H2,1-5H3. The van der Waals surface area contributed by atoms with Crippen LogP contribution < -0.4 is 0 Å². The number of carbonyl (C=O) groups is 1. The summed E-state index contributed by atoms with van der Waals surface area (Å²) in [5.41, 5.74) is 0.385. The molecule has 1 rings (SSSR count). The van der Waals surface area contributed by atoms with E-state index in [1.807, 2.05) is 18.7 Å². The molecular weight excluding hydrogens is 258 g/mol. The Bertz CT molecular complexity index is 286. The lowest BCUT2D eigenvalue weighted by molar-refractivity contribution is -0.131. The molecule has 1 fully saturated rings. The molecule has 0 aromatic carbocycles. The van der Waals surface area contributed by atoms with Crippen LogP contribution in [-0.4, -0.2) is 29.3 Å². The molecule has 0 N–H and O–H groups in total. The molecule has 1 atom stereocenters. The first-order valence-corrected chi connectivity index (χ1v) is 8.17. The molecule has 0 radical (unpaired) electrons. The van der Waals surface area contributed by atoms with E-state index in [0.717, 1.165) is 31.8 Å². The molecule has 0 spiro atoms. The highest BCUT2D eigenvalue weighted by atomic mass is 35.5. The van der Waals surface area contributed by atoms with Crippen molar-refractivity contribution in [1.82, 2.24) is 4.90 Å². The minimum Gasteiger partial charge on any atom is -0.342 e. The lowest BCUT2D eigenvalue weighted by Crippen LogP contribution is -2.41. The van der Waals surface area contributed by atoms with E-state index < -0.39 is 0 Å². The normalized spacial score (nSPS) is 26.0. The Morgan fingerprint density at radius 3 is 2.00 bits per heavy atom. The van der Waals surface area contributed by atoms with Crippen molar-refractivity contribution in [3.8, 4) is 0 Å². The van der Waals surface area contributed by atoms with Crippen LogP contribution >= 0.6 is 11.6 Å². The fraction of sp³-hybridized carbons (Fsp3) is 0.938. The van der Waals surface area contributed by atoms with Crippen LogP contribution in [0.3, 0.4) is 0 Å². The van der Waals surface area contributed by atoms with Crippen LogP contribution in [0.15, 0.2) is 0 Å². The van der Waals surface area contributed by atoms with Gasteiger partial charge in [-0.15, -0.1) is 11.6 Å². The molecule has 0 aliphatic heterocycles. The van der Waals surface area contributed by atoms with Gasteiger partial charge >= 0.3 is 0 Å². The molecule has 2 nitrogen and oxygen atoms in total. The zero-order valence-corrected chi connectivity index (χ0v) is 14.0. The van der Waals surface area contributed by atoms with Crippen molar-refractivity contribution in [1.29, 1.82) is 0 Å². The summed E-state index contributed by atoms with van der Waals surface area (Å²) in [6, 6.07) is 0. The molecule has 0 aromatic heterocycles. The molecule has 1 amide bonds. The topological polar surface area (TPSA) is 20.3 Å². The number of hydrogen-bond acceptors (Lipinski definition) is 1. The Morgan fingerprint density at radius 1 is 1.16 bits per heavy atom. The second kappa shape index (κ2) is 6.97. The highest BCUT2D eigenvalue weighted by Gasteiger charge is 2.35. The maximum Gasteiger partial charge on any atom is 0.240 e. The lowest BCUT2D eigenvalue weighted by atomic mass is 9.69. The molecule has 112 valence electrons. The van der Waals surface area contributed by atoms with Gasteiger partial charge in [0.05, 0.1) is 0 Å². The number of amides is 1. The van der Waals surface area contributed by atoms with Crippen LogP contribution in [0.4, 0.5) is 0 Å². The predicted molar refractivity (Wildman–Crippen MR) is 82.5 cm³/mol. The zero-order valence-electron chi connectivity index (χ0n) is 13.2. The largest absolute Gasteiger partial charge is 0.342 e. The van der Waals surface area contributed by atoms with Crippen LogP contribution in [0.2, 0.25) is 0 Å². The van der Waals surface area contributed by atoms with E-state index in [4.69, 9.17) is 11.6 Å². The van der Waals surface area contributed by atoms with Gasteiger partial charge < -0.3 is 4.90 Å². The van der Waals surface area contributed by atoms with Gasteiger partial charge in [0.2, 0.25) is 5.91 Å². The summed E-state index contributed by atoms with van der Waals surface area (Å²) in [5.74, 6) is 1.27. The molecule has 0 saturated heterocycles. The first kappa shape index (κ1) is 16.8. The molecule has 0 heterocycles. The van der Waals surface area contributed by atoms with E-state index >= 15 is 0 Å². The molecule has 19 heavy (non-hydrogen) atoms. The van der Waals surface area contributed by atoms with Crippen LogP contribution in [0.5, 0.6) is 0 Å². The quantitative estimate of drug-likeness (QED) is 0.706. The Labute approximate surface area is 123 Å². The van der Waals surface area contributed by atoms with E-state index in [1.54, 1.807) is 0 Å². The Hall–Kier alpha value is -0.240. The monoisotopic (exact) mass is 287 g/mol. The summed E-state index contributed by atoms with van der Waals surface area (Å²) >= 11 is 6.43. The van der Waals surface area contributed by atoms with Gasteiger partial charge in [0.25, 0.3) is 0 Å². The fourth-order valence-corrected chi connectivity index (χ4v) is 3.58. The SMILES string of the molecule is CCN(CC)C(=O)C(Cl)C1CCC(C(C)(C)C)CC1. The van der Waals surface area contributed by atoms with Crippen molar-refractivity contribution in [3.63, 3.8) is 0 Å². The first-order valence-electron chi connectivity index (χ1n) is 7.74. The molecule has 1 saturated carbocycles. The first-order chi connectivity index (χ1) is 8.81. The van der Waals surface area contributed by atoms with Crippen LogP contribution in [0.1, 0.15) is 60.3 Å². The van der Waals surface area contributed by atoms with Gasteiger partial charge in [-0.2, -0.15) is 0 Å². The van der Waals surface area contributed by atoms with Gasteiger partial charge in [-0.1, -0.05) is 20.8 Å². The Morgan fingerprint density at radius 2 is 1.63 bits per heavy atom. The lowest BCUT2D eigenvalue weighted by Gasteiger charge is -2.38. The number of rotatable bonds is 4. The minimum absolute atomic E-state index is 0.130. The summed E-state index contributed by atoms with van der Waals surface area (Å²) < 4.78 is 0. The van der Waals surface area contributed by atoms with E-state index in [2.05, 4.69) is 20.8 Å². The highest BCUT2D eigenvalue weighted by Crippen LogP contribution is 2.41. The van der Waals surface area contributed by atoms with Crippen molar-refractivity contribution in [2.75, 3.05) is 13.1 Å². The molecule has 0 aromatic rings. The molecule has 1 unspecified atom stereocenters. The van der Waals surface area contributed by atoms with Crippen molar-refractivity contribution in [3.05, 3.63) is 0 Å². The van der Waals surface area contributed by atoms with E-state index in [0.29, 0.717) is 11.3 Å². The number of nitrogens with zero attached hydrogens (tertiary/aromatic N) is 1. The van der Waals surface area contributed by atoms with E-state index in [1.165, 1.54) is 12.8 Å². The van der Waals surface area contributed by atoms with Crippen molar-refractivity contribution >= 4 is 17.5 Å². The third-order valence-electron chi connectivity index (χ3n) is 4.72. The van der Waals surface area contributed by atoms with Crippen LogP contribution in [0.25, 0.3) is 0 Å². The molecule has 3 heteroatoms. The zero-order chi connectivity index (χ0) is 14.6. The summed E-state index contributed by atoms with van der Waals surface area (Å²) in [4.78, 5) is 14.1. The molecule has 1 aliphatic carbocycles. The van der Waals surface area contributed by atoms with Gasteiger partial charge in [0.1, 0.15) is 5.38 Å². The van der Waals surface area contributed by atoms with Crippen molar-refractivity contribution < 1.29 is 4.79 Å². The van der Waals surface area contributed by atoms with Gasteiger partial charge in [-0.3, -0.25) is 4.79 Å². The average Bonchev–Trinajstić information content (AvgIpc) is 2.38. The Kier molecular flexibility index (Phi) is 6.16. The number of hydrogen-bond donors (Lipinski definition) is 0. The summed E-state index contributed by atoms with van der Waals surface area (Å²) in [6.07, 6.45) is 4.62. The predicted octanol–water partition coefficient (Wildman–Crippen LogP) is 4.31. The molecular formula is C16H30ClNO. The van der Waals surface area contributed by atoms with Crippen LogP contribution in [-0.2, 0) is 4.79 Å². The third-order valence-corrected chi connectivity index (χ3v) is 5.26. The van der Waals surface area contributed by atoms with Gasteiger partial charge in [-0.05, 0) is 56.8 Å². The molecule has 1 aliphatic rings. The maximum atomic E-state index is 12.3. The summed E-state index contributed by atoms with van der Waals surface area (Å²) in [6.45, 7) is 12.5. The number of alkyl halides is 1. The maximum absolute atomic E-state index is 12.3. The van der Waals surface area contributed by atoms with E-state index in [9.17, 15) is 4.79 Å². The van der Waals surface area contributed by atoms with Gasteiger partial charge in [0.15, 0.2) is 0 Å². The number of halogens is 1. The fourth-order valence-electron chi connectivity index (χ4n) is 3.19. The summed E-state index contributed by atoms with van der Waals surface area (Å²) in [7, 11) is 0. The van der Waals surface area contributed by atoms with Crippen molar-refractivity contribution in [2.24, 2.45) is 17.3 Å². The average molecular weight is 288 g/mol. The van der Waals surface area contributed by atoms with E-state index in [-0.39, 0.29) is 11.3 Å². The second-order valence-electron chi connectivity index (χ2n) is 6.89. The second-order valence-corrected chi connectivity index (χ2v) is 7.36. The van der Waals surface area contributed by atoms with Crippen molar-refractivity contribution in [2.45, 2.75) is 65.7 Å². The van der Waals surface area contributed by atoms with Gasteiger partial charge in [0, 0.05) is 13.1 Å². The smallest absolute Gasteiger partial charge is 0.240 e. The van der Waals surface area contributed by atoms with Gasteiger partial charge in [-0.25, -0.2) is 0 Å². The highest BCUT2D eigenvalue weighted by molar-refractivity contribution is 6.30. The Balaban J connectivity index is 2.53. The minimum atomic E-state index is -0.319. The molecule has 0 bridgehead atoms. The third kappa shape index (κ3) is 4.37.